The van der Waals surface area contributed by atoms with Gasteiger partial charge in [-0.3, -0.25) is 9.59 Å². The quantitative estimate of drug-likeness (QED) is 0.872. The Labute approximate surface area is 161 Å². The average Bonchev–Trinajstić information content (AvgIpc) is 2.68. The molecule has 1 N–H and O–H groups in total. The highest BCUT2D eigenvalue weighted by Crippen LogP contribution is 2.25. The van der Waals surface area contributed by atoms with E-state index in [1.54, 1.807) is 24.3 Å². The minimum Gasteiger partial charge on any atom is -0.338 e. The second-order valence-corrected chi connectivity index (χ2v) is 6.72. The lowest BCUT2D eigenvalue weighted by Crippen LogP contribution is -2.41. The molecule has 7 heteroatoms. The fraction of sp³-hybridized carbons (Fsp3) is 0.250. The molecule has 27 heavy (non-hydrogen) atoms. The molecule has 2 amide bonds. The summed E-state index contributed by atoms with van der Waals surface area (Å²) in [6.45, 7) is 0.670. The molecule has 3 rings (SSSR count). The molecule has 1 heterocycles. The van der Waals surface area contributed by atoms with Gasteiger partial charge in [-0.15, -0.1) is 0 Å². The summed E-state index contributed by atoms with van der Waals surface area (Å²) in [5.41, 5.74) is 0.735. The standard InChI is InChI=1S/C20H17ClFN3O2/c21-15-5-3-6-16(22)18(15)20(27)25-10-8-13(9-11-25)19(26)24-17-7-2-1-4-14(17)12-23/h1-7,13H,8-11H2,(H,24,26). The van der Waals surface area contributed by atoms with Crippen LogP contribution in [0.2, 0.25) is 5.02 Å². The number of nitriles is 1. The molecule has 1 aliphatic heterocycles. The molecule has 1 saturated heterocycles. The largest absolute Gasteiger partial charge is 0.338 e. The van der Waals surface area contributed by atoms with E-state index in [1.165, 1.54) is 23.1 Å². The summed E-state index contributed by atoms with van der Waals surface area (Å²) in [6, 6.07) is 12.9. The lowest BCUT2D eigenvalue weighted by molar-refractivity contribution is -0.121. The van der Waals surface area contributed by atoms with Crippen LogP contribution in [0.25, 0.3) is 0 Å². The Kier molecular flexibility index (Phi) is 5.72. The van der Waals surface area contributed by atoms with Crippen LogP contribution in [-0.4, -0.2) is 29.8 Å². The third-order valence-electron chi connectivity index (χ3n) is 4.63. The second kappa shape index (κ2) is 8.19. The van der Waals surface area contributed by atoms with Gasteiger partial charge in [0.2, 0.25) is 5.91 Å². The molecule has 2 aromatic carbocycles. The predicted octanol–water partition coefficient (Wildman–Crippen LogP) is 3.84. The molecule has 2 aromatic rings. The number of hydrogen-bond acceptors (Lipinski definition) is 3. The van der Waals surface area contributed by atoms with Crippen molar-refractivity contribution < 1.29 is 14.0 Å². The van der Waals surface area contributed by atoms with Crippen molar-refractivity contribution >= 4 is 29.1 Å². The Morgan fingerprint density at radius 3 is 2.52 bits per heavy atom. The molecule has 0 unspecified atom stereocenters. The zero-order valence-electron chi connectivity index (χ0n) is 14.4. The summed E-state index contributed by atoms with van der Waals surface area (Å²) in [5, 5.41) is 12.0. The molecule has 0 aromatic heterocycles. The number of carbonyl (C=O) groups excluding carboxylic acids is 2. The lowest BCUT2D eigenvalue weighted by Gasteiger charge is -2.31. The van der Waals surface area contributed by atoms with Gasteiger partial charge in [-0.1, -0.05) is 29.8 Å². The van der Waals surface area contributed by atoms with E-state index in [-0.39, 0.29) is 22.4 Å². The van der Waals surface area contributed by atoms with Crippen molar-refractivity contribution in [1.29, 1.82) is 5.26 Å². The van der Waals surface area contributed by atoms with Crippen molar-refractivity contribution in [2.75, 3.05) is 18.4 Å². The van der Waals surface area contributed by atoms with Crippen molar-refractivity contribution in [3.8, 4) is 6.07 Å². The highest BCUT2D eigenvalue weighted by Gasteiger charge is 2.30. The molecule has 0 spiro atoms. The molecule has 0 aliphatic carbocycles. The van der Waals surface area contributed by atoms with E-state index in [4.69, 9.17) is 16.9 Å². The predicted molar refractivity (Wildman–Crippen MR) is 99.8 cm³/mol. The number of likely N-dealkylation sites (tertiary alicyclic amines) is 1. The molecule has 0 radical (unpaired) electrons. The molecule has 138 valence electrons. The van der Waals surface area contributed by atoms with Crippen molar-refractivity contribution in [3.63, 3.8) is 0 Å². The number of nitrogens with zero attached hydrogens (tertiary/aromatic N) is 2. The van der Waals surface area contributed by atoms with Crippen molar-refractivity contribution in [3.05, 3.63) is 64.4 Å². The molecule has 0 atom stereocenters. The van der Waals surface area contributed by atoms with E-state index in [9.17, 15) is 14.0 Å². The van der Waals surface area contributed by atoms with Crippen LogP contribution in [0.4, 0.5) is 10.1 Å². The molecule has 0 saturated carbocycles. The zero-order valence-corrected chi connectivity index (χ0v) is 15.2. The van der Waals surface area contributed by atoms with Crippen LogP contribution < -0.4 is 5.32 Å². The third-order valence-corrected chi connectivity index (χ3v) is 4.95. The Bertz CT molecular complexity index is 897. The van der Waals surface area contributed by atoms with E-state index in [1.807, 2.05) is 6.07 Å². The van der Waals surface area contributed by atoms with Gasteiger partial charge < -0.3 is 10.2 Å². The van der Waals surface area contributed by atoms with Gasteiger partial charge in [0.15, 0.2) is 0 Å². The number of para-hydroxylation sites is 1. The van der Waals surface area contributed by atoms with E-state index in [0.29, 0.717) is 37.2 Å². The van der Waals surface area contributed by atoms with Crippen LogP contribution in [0.1, 0.15) is 28.8 Å². The van der Waals surface area contributed by atoms with E-state index in [0.717, 1.165) is 0 Å². The smallest absolute Gasteiger partial charge is 0.258 e. The molecule has 1 fully saturated rings. The van der Waals surface area contributed by atoms with Gasteiger partial charge >= 0.3 is 0 Å². The van der Waals surface area contributed by atoms with Crippen LogP contribution in [0.15, 0.2) is 42.5 Å². The summed E-state index contributed by atoms with van der Waals surface area (Å²) >= 11 is 5.96. The van der Waals surface area contributed by atoms with Crippen LogP contribution in [-0.2, 0) is 4.79 Å². The van der Waals surface area contributed by atoms with Crippen molar-refractivity contribution in [2.24, 2.45) is 5.92 Å². The number of halogens is 2. The minimum absolute atomic E-state index is 0.0768. The van der Waals surface area contributed by atoms with Crippen LogP contribution in [0, 0.1) is 23.1 Å². The maximum absolute atomic E-state index is 14.0. The normalized spacial score (nSPS) is 14.5. The highest BCUT2D eigenvalue weighted by atomic mass is 35.5. The lowest BCUT2D eigenvalue weighted by atomic mass is 9.95. The first-order chi connectivity index (χ1) is 13.0. The Morgan fingerprint density at radius 1 is 1.15 bits per heavy atom. The van der Waals surface area contributed by atoms with Crippen LogP contribution in [0.3, 0.4) is 0 Å². The van der Waals surface area contributed by atoms with Gasteiger partial charge in [0.25, 0.3) is 5.91 Å². The first-order valence-corrected chi connectivity index (χ1v) is 8.92. The number of rotatable bonds is 3. The van der Waals surface area contributed by atoms with Gasteiger partial charge in [-0.05, 0) is 37.1 Å². The fourth-order valence-corrected chi connectivity index (χ4v) is 3.37. The molecular weight excluding hydrogens is 369 g/mol. The van der Waals surface area contributed by atoms with Crippen LogP contribution in [0.5, 0.6) is 0 Å². The highest BCUT2D eigenvalue weighted by molar-refractivity contribution is 6.33. The Balaban J connectivity index is 1.63. The Morgan fingerprint density at radius 2 is 1.85 bits per heavy atom. The monoisotopic (exact) mass is 385 g/mol. The first-order valence-electron chi connectivity index (χ1n) is 8.54. The SMILES string of the molecule is N#Cc1ccccc1NC(=O)C1CCN(C(=O)c2c(F)cccc2Cl)CC1. The van der Waals surface area contributed by atoms with E-state index >= 15 is 0 Å². The summed E-state index contributed by atoms with van der Waals surface area (Å²) in [6.07, 6.45) is 0.913. The number of anilines is 1. The van der Waals surface area contributed by atoms with Gasteiger partial charge in [-0.25, -0.2) is 4.39 Å². The van der Waals surface area contributed by atoms with Crippen molar-refractivity contribution in [1.82, 2.24) is 4.90 Å². The number of amides is 2. The van der Waals surface area contributed by atoms with Gasteiger partial charge in [0, 0.05) is 19.0 Å². The second-order valence-electron chi connectivity index (χ2n) is 6.31. The minimum atomic E-state index is -0.652. The number of carbonyl (C=O) groups is 2. The van der Waals surface area contributed by atoms with Gasteiger partial charge in [0.1, 0.15) is 11.9 Å². The number of piperidine rings is 1. The number of benzene rings is 2. The van der Waals surface area contributed by atoms with Crippen LogP contribution >= 0.6 is 11.6 Å². The van der Waals surface area contributed by atoms with E-state index in [2.05, 4.69) is 5.32 Å². The summed E-state index contributed by atoms with van der Waals surface area (Å²) in [5.74, 6) is -1.59. The third kappa shape index (κ3) is 4.09. The molecule has 0 bridgehead atoms. The fourth-order valence-electron chi connectivity index (χ4n) is 3.13. The molecule has 5 nitrogen and oxygen atoms in total. The van der Waals surface area contributed by atoms with Gasteiger partial charge in [0.05, 0.1) is 21.8 Å². The molecular formula is C20H17ClFN3O2. The topological polar surface area (TPSA) is 73.2 Å². The summed E-state index contributed by atoms with van der Waals surface area (Å²) in [7, 11) is 0. The summed E-state index contributed by atoms with van der Waals surface area (Å²) < 4.78 is 14.0. The Hall–Kier alpha value is -2.91. The molecule has 1 aliphatic rings. The number of nitrogens with one attached hydrogen (secondary N) is 1. The summed E-state index contributed by atoms with van der Waals surface area (Å²) in [4.78, 5) is 26.6. The zero-order chi connectivity index (χ0) is 19.4. The maximum atomic E-state index is 14.0. The number of hydrogen-bond donors (Lipinski definition) is 1. The maximum Gasteiger partial charge on any atom is 0.258 e. The average molecular weight is 386 g/mol. The van der Waals surface area contributed by atoms with Crippen molar-refractivity contribution in [2.45, 2.75) is 12.8 Å². The first kappa shape index (κ1) is 18.9. The van der Waals surface area contributed by atoms with E-state index < -0.39 is 11.7 Å². The van der Waals surface area contributed by atoms with Gasteiger partial charge in [-0.2, -0.15) is 5.26 Å².